The van der Waals surface area contributed by atoms with Crippen molar-refractivity contribution in [3.8, 4) is 0 Å². The summed E-state index contributed by atoms with van der Waals surface area (Å²) in [5, 5.41) is 7.05. The molecule has 1 aromatic carbocycles. The average Bonchev–Trinajstić information content (AvgIpc) is 2.78. The zero-order valence-corrected chi connectivity index (χ0v) is 14.0. The van der Waals surface area contributed by atoms with Crippen molar-refractivity contribution in [1.29, 1.82) is 0 Å². The number of carbonyl (C=O) groups excluding carboxylic acids is 2. The van der Waals surface area contributed by atoms with Crippen molar-refractivity contribution < 1.29 is 14.1 Å². The first-order valence-corrected chi connectivity index (χ1v) is 7.45. The van der Waals surface area contributed by atoms with Crippen molar-refractivity contribution in [2.24, 2.45) is 0 Å². The second kappa shape index (κ2) is 7.28. The second-order valence-electron chi connectivity index (χ2n) is 5.29. The van der Waals surface area contributed by atoms with Gasteiger partial charge in [-0.15, -0.1) is 0 Å². The quantitative estimate of drug-likeness (QED) is 0.911. The molecule has 0 bridgehead atoms. The van der Waals surface area contributed by atoms with E-state index in [0.717, 1.165) is 5.56 Å². The highest BCUT2D eigenvalue weighted by atomic mass is 35.5. The fourth-order valence-corrected chi connectivity index (χ4v) is 2.30. The lowest BCUT2D eigenvalue weighted by atomic mass is 10.1. The predicted molar refractivity (Wildman–Crippen MR) is 87.4 cm³/mol. The third-order valence-corrected chi connectivity index (χ3v) is 3.66. The van der Waals surface area contributed by atoms with Gasteiger partial charge in [0.15, 0.2) is 0 Å². The Hall–Kier alpha value is -2.34. The molecule has 0 saturated carbocycles. The van der Waals surface area contributed by atoms with E-state index in [4.69, 9.17) is 16.1 Å². The van der Waals surface area contributed by atoms with Gasteiger partial charge >= 0.3 is 0 Å². The van der Waals surface area contributed by atoms with E-state index in [2.05, 4.69) is 10.5 Å². The van der Waals surface area contributed by atoms with Gasteiger partial charge in [0.1, 0.15) is 5.76 Å². The van der Waals surface area contributed by atoms with Gasteiger partial charge in [-0.3, -0.25) is 9.59 Å². The number of anilines is 1. The van der Waals surface area contributed by atoms with Crippen molar-refractivity contribution in [3.05, 3.63) is 46.3 Å². The molecule has 0 radical (unpaired) electrons. The molecule has 0 spiro atoms. The molecule has 7 heteroatoms. The molecule has 6 nitrogen and oxygen atoms in total. The molecule has 122 valence electrons. The molecule has 0 unspecified atom stereocenters. The first-order valence-electron chi connectivity index (χ1n) is 7.08. The number of nitrogens with one attached hydrogen (secondary N) is 1. The molecule has 1 heterocycles. The van der Waals surface area contributed by atoms with Gasteiger partial charge in [0, 0.05) is 23.3 Å². The van der Waals surface area contributed by atoms with Crippen LogP contribution in [0, 0.1) is 13.8 Å². The number of aromatic nitrogens is 1. The van der Waals surface area contributed by atoms with E-state index in [1.807, 2.05) is 0 Å². The van der Waals surface area contributed by atoms with Gasteiger partial charge in [-0.2, -0.15) is 0 Å². The molecule has 0 aliphatic carbocycles. The Morgan fingerprint density at radius 2 is 2.09 bits per heavy atom. The first kappa shape index (κ1) is 17.0. The molecule has 0 aliphatic rings. The van der Waals surface area contributed by atoms with Crippen LogP contribution in [0.25, 0.3) is 0 Å². The molecule has 0 atom stereocenters. The van der Waals surface area contributed by atoms with E-state index in [1.165, 1.54) is 4.90 Å². The van der Waals surface area contributed by atoms with Crippen LogP contribution < -0.4 is 5.32 Å². The fourth-order valence-electron chi connectivity index (χ4n) is 2.11. The van der Waals surface area contributed by atoms with Gasteiger partial charge in [-0.1, -0.05) is 22.8 Å². The summed E-state index contributed by atoms with van der Waals surface area (Å²) in [5.41, 5.74) is 2.04. The maximum Gasteiger partial charge on any atom is 0.243 e. The van der Waals surface area contributed by atoms with E-state index < -0.39 is 0 Å². The van der Waals surface area contributed by atoms with Crippen molar-refractivity contribution in [1.82, 2.24) is 10.1 Å². The van der Waals surface area contributed by atoms with E-state index in [0.29, 0.717) is 22.2 Å². The number of rotatable bonds is 5. The number of aryl methyl sites for hydroxylation is 2. The number of halogens is 1. The lowest BCUT2D eigenvalue weighted by Gasteiger charge is -2.16. The standard InChI is InChI=1S/C16H18ClN3O3/c1-10-14(11(2)23-19-10)8-16(22)20(3)9-15(21)18-13-6-4-5-12(17)7-13/h4-7H,8-9H2,1-3H3,(H,18,21). The van der Waals surface area contributed by atoms with Crippen molar-refractivity contribution in [2.45, 2.75) is 20.3 Å². The van der Waals surface area contributed by atoms with Crippen LogP contribution in [-0.4, -0.2) is 35.5 Å². The van der Waals surface area contributed by atoms with Gasteiger partial charge in [-0.25, -0.2) is 0 Å². The van der Waals surface area contributed by atoms with Crippen molar-refractivity contribution >= 4 is 29.1 Å². The number of amides is 2. The van der Waals surface area contributed by atoms with Gasteiger partial charge in [0.2, 0.25) is 11.8 Å². The zero-order chi connectivity index (χ0) is 17.0. The van der Waals surface area contributed by atoms with Crippen LogP contribution in [-0.2, 0) is 16.0 Å². The summed E-state index contributed by atoms with van der Waals surface area (Å²) >= 11 is 5.86. The van der Waals surface area contributed by atoms with Crippen molar-refractivity contribution in [2.75, 3.05) is 18.9 Å². The highest BCUT2D eigenvalue weighted by Crippen LogP contribution is 2.15. The predicted octanol–water partition coefficient (Wildman–Crippen LogP) is 2.58. The van der Waals surface area contributed by atoms with Gasteiger partial charge in [-0.05, 0) is 32.0 Å². The highest BCUT2D eigenvalue weighted by Gasteiger charge is 2.18. The molecular formula is C16H18ClN3O3. The summed E-state index contributed by atoms with van der Waals surface area (Å²) in [7, 11) is 1.58. The topological polar surface area (TPSA) is 75.4 Å². The lowest BCUT2D eigenvalue weighted by Crippen LogP contribution is -2.35. The molecule has 0 saturated heterocycles. The van der Waals surface area contributed by atoms with Crippen LogP contribution in [0.15, 0.2) is 28.8 Å². The number of likely N-dealkylation sites (N-methyl/N-ethyl adjacent to an activating group) is 1. The van der Waals surface area contributed by atoms with E-state index in [-0.39, 0.29) is 24.8 Å². The minimum Gasteiger partial charge on any atom is -0.361 e. The Morgan fingerprint density at radius 1 is 1.35 bits per heavy atom. The van der Waals surface area contributed by atoms with Crippen LogP contribution in [0.2, 0.25) is 5.02 Å². The number of nitrogens with zero attached hydrogens (tertiary/aromatic N) is 2. The Labute approximate surface area is 139 Å². The SMILES string of the molecule is Cc1noc(C)c1CC(=O)N(C)CC(=O)Nc1cccc(Cl)c1. The number of hydrogen-bond acceptors (Lipinski definition) is 4. The Balaban J connectivity index is 1.91. The van der Waals surface area contributed by atoms with Gasteiger partial charge in [0.05, 0.1) is 18.7 Å². The van der Waals surface area contributed by atoms with Crippen molar-refractivity contribution in [3.63, 3.8) is 0 Å². The van der Waals surface area contributed by atoms with Crippen LogP contribution in [0.1, 0.15) is 17.0 Å². The second-order valence-corrected chi connectivity index (χ2v) is 5.72. The molecular weight excluding hydrogens is 318 g/mol. The summed E-state index contributed by atoms with van der Waals surface area (Å²) in [6, 6.07) is 6.83. The first-order chi connectivity index (χ1) is 10.9. The summed E-state index contributed by atoms with van der Waals surface area (Å²) in [5.74, 6) is 0.148. The Bertz CT molecular complexity index is 708. The van der Waals surface area contributed by atoms with Crippen LogP contribution in [0.3, 0.4) is 0 Å². The normalized spacial score (nSPS) is 10.4. The zero-order valence-electron chi connectivity index (χ0n) is 13.2. The molecule has 1 aromatic heterocycles. The third kappa shape index (κ3) is 4.56. The molecule has 2 rings (SSSR count). The number of carbonyl (C=O) groups is 2. The highest BCUT2D eigenvalue weighted by molar-refractivity contribution is 6.30. The number of hydrogen-bond donors (Lipinski definition) is 1. The summed E-state index contributed by atoms with van der Waals surface area (Å²) in [4.78, 5) is 25.6. The monoisotopic (exact) mass is 335 g/mol. The van der Waals surface area contributed by atoms with Gasteiger partial charge in [0.25, 0.3) is 0 Å². The van der Waals surface area contributed by atoms with Crippen LogP contribution >= 0.6 is 11.6 Å². The number of benzene rings is 1. The van der Waals surface area contributed by atoms with Crippen LogP contribution in [0.5, 0.6) is 0 Å². The summed E-state index contributed by atoms with van der Waals surface area (Å²) < 4.78 is 5.03. The maximum atomic E-state index is 12.2. The lowest BCUT2D eigenvalue weighted by molar-refractivity contribution is -0.132. The van der Waals surface area contributed by atoms with Crippen LogP contribution in [0.4, 0.5) is 5.69 Å². The largest absolute Gasteiger partial charge is 0.361 e. The molecule has 2 aromatic rings. The maximum absolute atomic E-state index is 12.2. The summed E-state index contributed by atoms with van der Waals surface area (Å²) in [6.07, 6.45) is 0.155. The molecule has 0 fully saturated rings. The van der Waals surface area contributed by atoms with Gasteiger partial charge < -0.3 is 14.7 Å². The smallest absolute Gasteiger partial charge is 0.243 e. The average molecular weight is 336 g/mol. The minimum absolute atomic E-state index is 0.0469. The Morgan fingerprint density at radius 3 is 2.70 bits per heavy atom. The minimum atomic E-state index is -0.290. The van der Waals surface area contributed by atoms with E-state index in [9.17, 15) is 9.59 Å². The fraction of sp³-hybridized carbons (Fsp3) is 0.312. The molecule has 23 heavy (non-hydrogen) atoms. The molecule has 1 N–H and O–H groups in total. The third-order valence-electron chi connectivity index (χ3n) is 3.42. The Kier molecular flexibility index (Phi) is 5.39. The van der Waals surface area contributed by atoms with E-state index >= 15 is 0 Å². The molecule has 2 amide bonds. The van der Waals surface area contributed by atoms with E-state index in [1.54, 1.807) is 45.2 Å². The summed E-state index contributed by atoms with van der Waals surface area (Å²) in [6.45, 7) is 3.49. The molecule has 0 aliphatic heterocycles.